The average Bonchev–Trinajstić information content (AvgIpc) is 2.60. The molecule has 6 bridgehead atoms. The van der Waals surface area contributed by atoms with Gasteiger partial charge < -0.3 is 0 Å². The molecule has 0 aromatic heterocycles. The van der Waals surface area contributed by atoms with Crippen molar-refractivity contribution in [3.63, 3.8) is 0 Å². The van der Waals surface area contributed by atoms with E-state index in [0.29, 0.717) is 0 Å². The Kier molecular flexibility index (Phi) is 5.00. The minimum Gasteiger partial charge on any atom is -0.0939 e. The van der Waals surface area contributed by atoms with Gasteiger partial charge in [-0.05, 0) is 117 Å². The van der Waals surface area contributed by atoms with Crippen LogP contribution in [0.15, 0.2) is 0 Å². The third kappa shape index (κ3) is 3.04. The number of hydrogen-bond acceptors (Lipinski definition) is 0. The first kappa shape index (κ1) is 18.5. The van der Waals surface area contributed by atoms with Crippen LogP contribution in [0.2, 0.25) is 0 Å². The van der Waals surface area contributed by atoms with Gasteiger partial charge in [0.2, 0.25) is 0 Å². The van der Waals surface area contributed by atoms with Gasteiger partial charge in [-0.15, -0.1) is 0 Å². The van der Waals surface area contributed by atoms with Crippen molar-refractivity contribution in [3.05, 3.63) is 0 Å². The Bertz CT molecular complexity index is 461. The second-order valence-electron chi connectivity index (χ2n) is 11.5. The molecule has 1 unspecified atom stereocenters. The molecule has 148 valence electrons. The zero-order valence-corrected chi connectivity index (χ0v) is 18.5. The molecule has 6 fully saturated rings. The van der Waals surface area contributed by atoms with Gasteiger partial charge in [0.25, 0.3) is 0 Å². The van der Waals surface area contributed by atoms with Crippen molar-refractivity contribution in [1.82, 2.24) is 0 Å². The lowest BCUT2D eigenvalue weighted by Gasteiger charge is -2.65. The van der Waals surface area contributed by atoms with Gasteiger partial charge in [0, 0.05) is 0 Å². The summed E-state index contributed by atoms with van der Waals surface area (Å²) in [7, 11) is 0.232. The fourth-order valence-corrected chi connectivity index (χ4v) is 14.7. The molecular formula is C25H43P. The molecule has 6 aliphatic carbocycles. The van der Waals surface area contributed by atoms with Gasteiger partial charge >= 0.3 is 0 Å². The van der Waals surface area contributed by atoms with E-state index in [2.05, 4.69) is 13.8 Å². The van der Waals surface area contributed by atoms with E-state index in [9.17, 15) is 0 Å². The Labute approximate surface area is 164 Å². The molecule has 1 heteroatoms. The van der Waals surface area contributed by atoms with Crippen LogP contribution >= 0.6 is 7.92 Å². The van der Waals surface area contributed by atoms with E-state index in [1.165, 1.54) is 19.3 Å². The third-order valence-electron chi connectivity index (χ3n) is 9.77. The molecule has 6 saturated carbocycles. The van der Waals surface area contributed by atoms with Crippen LogP contribution in [0.25, 0.3) is 0 Å². The first-order valence-corrected chi connectivity index (χ1v) is 13.9. The minimum absolute atomic E-state index is 0.232. The van der Waals surface area contributed by atoms with Crippen LogP contribution in [-0.4, -0.2) is 16.5 Å². The van der Waals surface area contributed by atoms with Crippen molar-refractivity contribution in [2.45, 2.75) is 120 Å². The van der Waals surface area contributed by atoms with Crippen LogP contribution < -0.4 is 0 Å². The van der Waals surface area contributed by atoms with E-state index in [-0.39, 0.29) is 7.92 Å². The number of fused-ring (bicyclic) bond motifs is 2. The van der Waals surface area contributed by atoms with Crippen LogP contribution in [0, 0.1) is 29.6 Å². The summed E-state index contributed by atoms with van der Waals surface area (Å²) in [5.74, 6) is 5.66. The first-order chi connectivity index (χ1) is 12.6. The van der Waals surface area contributed by atoms with Crippen molar-refractivity contribution in [2.24, 2.45) is 29.6 Å². The second kappa shape index (κ2) is 7.04. The van der Waals surface area contributed by atoms with Crippen molar-refractivity contribution in [1.29, 1.82) is 0 Å². The largest absolute Gasteiger partial charge is 0.0939 e. The Hall–Kier alpha value is 0.430. The lowest BCUT2D eigenvalue weighted by atomic mass is 9.56. The molecule has 0 heterocycles. The summed E-state index contributed by atoms with van der Waals surface area (Å²) in [4.78, 5) is 0. The lowest BCUT2D eigenvalue weighted by Crippen LogP contribution is -2.54. The smallest absolute Gasteiger partial charge is 0.00815 e. The van der Waals surface area contributed by atoms with Gasteiger partial charge in [-0.3, -0.25) is 0 Å². The maximum atomic E-state index is 2.61. The third-order valence-corrected chi connectivity index (χ3v) is 14.1. The van der Waals surface area contributed by atoms with Crippen LogP contribution in [0.3, 0.4) is 0 Å². The molecule has 0 N–H and O–H groups in total. The van der Waals surface area contributed by atoms with Gasteiger partial charge in [-0.25, -0.2) is 0 Å². The summed E-state index contributed by atoms with van der Waals surface area (Å²) in [6.45, 7) is 5.06. The molecule has 0 aromatic carbocycles. The summed E-state index contributed by atoms with van der Waals surface area (Å²) < 4.78 is 0. The van der Waals surface area contributed by atoms with Gasteiger partial charge in [0.1, 0.15) is 0 Å². The fraction of sp³-hybridized carbons (Fsp3) is 1.00. The maximum Gasteiger partial charge on any atom is -0.00815 e. The summed E-state index contributed by atoms with van der Waals surface area (Å²) in [5, 5.41) is 1.64. The molecule has 0 aromatic rings. The number of hydrogen-bond donors (Lipinski definition) is 0. The quantitative estimate of drug-likeness (QED) is 0.413. The lowest BCUT2D eigenvalue weighted by molar-refractivity contribution is 0.0329. The SMILES string of the molecule is CCCCP([C@@]1(CC)C[C@@H]2CCC[C@@H](C2)C1)[C@]12C[C@H]3C[C@H](C[C@H](C3)C1)C2. The first-order valence-electron chi connectivity index (χ1n) is 12.4. The van der Waals surface area contributed by atoms with E-state index in [0.717, 1.165) is 39.9 Å². The topological polar surface area (TPSA) is 0 Å². The van der Waals surface area contributed by atoms with Crippen molar-refractivity contribution >= 4 is 7.92 Å². The van der Waals surface area contributed by atoms with E-state index in [1.807, 2.05) is 0 Å². The van der Waals surface area contributed by atoms with Crippen molar-refractivity contribution in [2.75, 3.05) is 6.16 Å². The molecule has 0 saturated heterocycles. The molecule has 0 spiro atoms. The van der Waals surface area contributed by atoms with Gasteiger partial charge in [0.15, 0.2) is 0 Å². The normalized spacial score (nSPS) is 50.8. The van der Waals surface area contributed by atoms with Crippen LogP contribution in [-0.2, 0) is 0 Å². The van der Waals surface area contributed by atoms with E-state index in [1.54, 1.807) is 83.2 Å². The molecule has 26 heavy (non-hydrogen) atoms. The zero-order chi connectivity index (χ0) is 17.8. The number of rotatable bonds is 6. The molecule has 0 aliphatic heterocycles. The van der Waals surface area contributed by atoms with Crippen molar-refractivity contribution < 1.29 is 0 Å². The van der Waals surface area contributed by atoms with Gasteiger partial charge in [-0.1, -0.05) is 47.5 Å². The van der Waals surface area contributed by atoms with Gasteiger partial charge in [0.05, 0.1) is 0 Å². The Morgan fingerprint density at radius 2 is 1.27 bits per heavy atom. The van der Waals surface area contributed by atoms with E-state index in [4.69, 9.17) is 0 Å². The summed E-state index contributed by atoms with van der Waals surface area (Å²) in [5.41, 5.74) is 0. The predicted octanol–water partition coefficient (Wildman–Crippen LogP) is 7.99. The van der Waals surface area contributed by atoms with Crippen molar-refractivity contribution in [3.8, 4) is 0 Å². The minimum atomic E-state index is 0.232. The molecule has 6 rings (SSSR count). The highest BCUT2D eigenvalue weighted by Crippen LogP contribution is 2.76. The molecule has 0 radical (unpaired) electrons. The molecule has 0 amide bonds. The summed E-state index contributed by atoms with van der Waals surface area (Å²) >= 11 is 0. The highest BCUT2D eigenvalue weighted by molar-refractivity contribution is 7.61. The Morgan fingerprint density at radius 3 is 1.77 bits per heavy atom. The highest BCUT2D eigenvalue weighted by Gasteiger charge is 2.59. The fourth-order valence-electron chi connectivity index (χ4n) is 9.32. The molecular weight excluding hydrogens is 331 g/mol. The monoisotopic (exact) mass is 374 g/mol. The van der Waals surface area contributed by atoms with Crippen LogP contribution in [0.5, 0.6) is 0 Å². The van der Waals surface area contributed by atoms with Gasteiger partial charge in [-0.2, -0.15) is 0 Å². The van der Waals surface area contributed by atoms with E-state index >= 15 is 0 Å². The molecule has 0 nitrogen and oxygen atoms in total. The number of unbranched alkanes of at least 4 members (excludes halogenated alkanes) is 1. The maximum absolute atomic E-state index is 2.61. The standard InChI is InChI=1S/C25H43P/c1-3-5-9-26(24(4-2)14-19-7-6-8-20(10-19)15-24)25-16-21-11-22(17-25)13-23(12-21)18-25/h19-23H,3-18H2,1-2H3/t19-,20+,21-,22+,23-,24+,25-,26?. The van der Waals surface area contributed by atoms with E-state index < -0.39 is 0 Å². The molecule has 4 atom stereocenters. The highest BCUT2D eigenvalue weighted by atomic mass is 31.1. The average molecular weight is 375 g/mol. The molecule has 6 aliphatic rings. The summed E-state index contributed by atoms with van der Waals surface area (Å²) in [6, 6.07) is 0. The summed E-state index contributed by atoms with van der Waals surface area (Å²) in [6.07, 6.45) is 25.6. The van der Waals surface area contributed by atoms with Crippen LogP contribution in [0.1, 0.15) is 110 Å². The second-order valence-corrected chi connectivity index (χ2v) is 14.7. The Balaban J connectivity index is 1.48. The Morgan fingerprint density at radius 1 is 0.731 bits per heavy atom. The van der Waals surface area contributed by atoms with Crippen LogP contribution in [0.4, 0.5) is 0 Å². The zero-order valence-electron chi connectivity index (χ0n) is 17.6. The predicted molar refractivity (Wildman–Crippen MR) is 115 cm³/mol.